The molecule has 0 saturated carbocycles. The summed E-state index contributed by atoms with van der Waals surface area (Å²) in [4.78, 5) is 5.11. The van der Waals surface area contributed by atoms with Crippen molar-refractivity contribution in [1.82, 2.24) is 9.80 Å². The van der Waals surface area contributed by atoms with Gasteiger partial charge < -0.3 is 14.5 Å². The smallest absolute Gasteiger partial charge is 0.126 e. The lowest BCUT2D eigenvalue weighted by Gasteiger charge is -2.33. The number of nitrogens with zero attached hydrogens (tertiary/aromatic N) is 2. The molecule has 0 spiro atoms. The molecule has 1 unspecified atom stereocenters. The molecule has 0 N–H and O–H groups in total. The van der Waals surface area contributed by atoms with Crippen molar-refractivity contribution in [1.29, 1.82) is 0 Å². The van der Waals surface area contributed by atoms with Crippen LogP contribution in [0.4, 0.5) is 0 Å². The zero-order valence-electron chi connectivity index (χ0n) is 17.0. The number of benzene rings is 1. The van der Waals surface area contributed by atoms with Gasteiger partial charge >= 0.3 is 0 Å². The van der Waals surface area contributed by atoms with E-state index in [1.165, 1.54) is 81.5 Å². The van der Waals surface area contributed by atoms with E-state index in [0.29, 0.717) is 5.92 Å². The van der Waals surface area contributed by atoms with Crippen LogP contribution < -0.4 is 4.74 Å². The fourth-order valence-corrected chi connectivity index (χ4v) is 5.48. The van der Waals surface area contributed by atoms with Gasteiger partial charge in [-0.1, -0.05) is 11.6 Å². The van der Waals surface area contributed by atoms with E-state index in [9.17, 15) is 0 Å². The van der Waals surface area contributed by atoms with Gasteiger partial charge in [-0.2, -0.15) is 0 Å². The van der Waals surface area contributed by atoms with Crippen molar-refractivity contribution in [3.8, 4) is 5.75 Å². The molecule has 1 aromatic carbocycles. The maximum absolute atomic E-state index is 5.94. The molecular weight excluding hydrogens is 320 g/mol. The number of allylic oxidation sites excluding steroid dienone is 2. The molecule has 0 radical (unpaired) electrons. The van der Waals surface area contributed by atoms with Crippen LogP contribution in [0.5, 0.6) is 5.75 Å². The number of hydrogen-bond acceptors (Lipinski definition) is 3. The number of ether oxygens (including phenoxy) is 1. The topological polar surface area (TPSA) is 15.7 Å². The Morgan fingerprint density at radius 2 is 1.77 bits per heavy atom. The number of methoxy groups -OCH3 is 1. The molecule has 3 nitrogen and oxygen atoms in total. The van der Waals surface area contributed by atoms with Crippen LogP contribution >= 0.6 is 0 Å². The van der Waals surface area contributed by atoms with E-state index < -0.39 is 0 Å². The van der Waals surface area contributed by atoms with Gasteiger partial charge in [0.05, 0.1) is 7.11 Å². The number of likely N-dealkylation sites (N-methyl/N-ethyl adjacent to an activating group) is 1. The highest BCUT2D eigenvalue weighted by atomic mass is 16.5. The Bertz CT molecular complexity index is 713. The van der Waals surface area contributed by atoms with E-state index in [-0.39, 0.29) is 0 Å². The van der Waals surface area contributed by atoms with Crippen LogP contribution in [0.1, 0.15) is 60.3 Å². The second kappa shape index (κ2) is 7.36. The van der Waals surface area contributed by atoms with Crippen molar-refractivity contribution in [2.24, 2.45) is 0 Å². The molecule has 2 aliphatic carbocycles. The lowest BCUT2D eigenvalue weighted by atomic mass is 9.85. The molecule has 3 aliphatic rings. The first kappa shape index (κ1) is 18.1. The average Bonchev–Trinajstić information content (AvgIpc) is 2.96. The maximum Gasteiger partial charge on any atom is 0.126 e. The third kappa shape index (κ3) is 3.10. The third-order valence-corrected chi connectivity index (χ3v) is 6.81. The summed E-state index contributed by atoms with van der Waals surface area (Å²) in [7, 11) is 4.09. The van der Waals surface area contributed by atoms with Crippen molar-refractivity contribution in [2.75, 3.05) is 46.9 Å². The summed E-state index contributed by atoms with van der Waals surface area (Å²) >= 11 is 0. The van der Waals surface area contributed by atoms with Gasteiger partial charge in [-0.05, 0) is 81.8 Å². The van der Waals surface area contributed by atoms with E-state index in [1.54, 1.807) is 16.7 Å². The van der Waals surface area contributed by atoms with Gasteiger partial charge in [0.2, 0.25) is 0 Å². The summed E-state index contributed by atoms with van der Waals surface area (Å²) in [5.74, 6) is 1.73. The van der Waals surface area contributed by atoms with Crippen molar-refractivity contribution in [3.05, 3.63) is 33.9 Å². The van der Waals surface area contributed by atoms with Gasteiger partial charge in [0.1, 0.15) is 5.75 Å². The molecule has 0 bridgehead atoms. The molecule has 1 heterocycles. The molecule has 4 rings (SSSR count). The van der Waals surface area contributed by atoms with Crippen LogP contribution in [0.2, 0.25) is 0 Å². The largest absolute Gasteiger partial charge is 0.496 e. The zero-order valence-corrected chi connectivity index (χ0v) is 17.0. The lowest BCUT2D eigenvalue weighted by Crippen LogP contribution is -2.44. The first-order chi connectivity index (χ1) is 12.6. The highest BCUT2D eigenvalue weighted by molar-refractivity contribution is 5.83. The monoisotopic (exact) mass is 354 g/mol. The maximum atomic E-state index is 5.94. The Morgan fingerprint density at radius 1 is 1.04 bits per heavy atom. The van der Waals surface area contributed by atoms with Crippen molar-refractivity contribution < 1.29 is 4.74 Å². The second-order valence-electron chi connectivity index (χ2n) is 8.53. The van der Waals surface area contributed by atoms with Crippen molar-refractivity contribution >= 4 is 5.57 Å². The predicted octanol–water partition coefficient (Wildman–Crippen LogP) is 4.37. The summed E-state index contributed by atoms with van der Waals surface area (Å²) in [6.45, 7) is 10.6. The molecule has 1 saturated heterocycles. The Hall–Kier alpha value is -1.32. The average molecular weight is 355 g/mol. The van der Waals surface area contributed by atoms with Crippen LogP contribution in [0.25, 0.3) is 5.57 Å². The van der Waals surface area contributed by atoms with E-state index in [2.05, 4.69) is 36.8 Å². The zero-order chi connectivity index (χ0) is 18.3. The minimum absolute atomic E-state index is 0.577. The van der Waals surface area contributed by atoms with E-state index in [4.69, 9.17) is 4.74 Å². The predicted molar refractivity (Wildman–Crippen MR) is 109 cm³/mol. The number of fused-ring (bicyclic) bond motifs is 2. The van der Waals surface area contributed by atoms with Crippen molar-refractivity contribution in [2.45, 2.75) is 51.9 Å². The summed E-state index contributed by atoms with van der Waals surface area (Å²) in [6, 6.07) is 2.33. The van der Waals surface area contributed by atoms with Crippen LogP contribution in [0.3, 0.4) is 0 Å². The summed E-state index contributed by atoms with van der Waals surface area (Å²) in [5.41, 5.74) is 9.23. The molecule has 0 amide bonds. The van der Waals surface area contributed by atoms with Gasteiger partial charge in [0, 0.05) is 37.7 Å². The van der Waals surface area contributed by atoms with Gasteiger partial charge in [-0.25, -0.2) is 0 Å². The highest BCUT2D eigenvalue weighted by Crippen LogP contribution is 2.54. The lowest BCUT2D eigenvalue weighted by molar-refractivity contribution is 0.151. The minimum atomic E-state index is 0.577. The number of aryl methyl sites for hydroxylation is 2. The Morgan fingerprint density at radius 3 is 2.50 bits per heavy atom. The molecule has 1 aromatic rings. The molecule has 1 atom stereocenters. The first-order valence-corrected chi connectivity index (χ1v) is 10.4. The van der Waals surface area contributed by atoms with Gasteiger partial charge in [-0.3, -0.25) is 0 Å². The molecule has 0 aromatic heterocycles. The summed E-state index contributed by atoms with van der Waals surface area (Å²) < 4.78 is 5.94. The van der Waals surface area contributed by atoms with Gasteiger partial charge in [0.15, 0.2) is 0 Å². The van der Waals surface area contributed by atoms with Crippen LogP contribution in [0, 0.1) is 13.8 Å². The van der Waals surface area contributed by atoms with E-state index >= 15 is 0 Å². The normalized spacial score (nSPS) is 23.9. The Kier molecular flexibility index (Phi) is 5.11. The third-order valence-electron chi connectivity index (χ3n) is 6.81. The van der Waals surface area contributed by atoms with Crippen molar-refractivity contribution in [3.63, 3.8) is 0 Å². The van der Waals surface area contributed by atoms with Crippen LogP contribution in [-0.2, 0) is 0 Å². The quantitative estimate of drug-likeness (QED) is 0.798. The minimum Gasteiger partial charge on any atom is -0.496 e. The van der Waals surface area contributed by atoms with Gasteiger partial charge in [0.25, 0.3) is 0 Å². The first-order valence-electron chi connectivity index (χ1n) is 10.4. The highest BCUT2D eigenvalue weighted by Gasteiger charge is 2.36. The van der Waals surface area contributed by atoms with Crippen LogP contribution in [-0.4, -0.2) is 56.7 Å². The molecule has 142 valence electrons. The molecule has 1 fully saturated rings. The molecule has 1 aliphatic heterocycles. The Balaban J connectivity index is 1.65. The number of piperazine rings is 1. The number of rotatable bonds is 4. The fraction of sp³-hybridized carbons (Fsp3) is 0.652. The molecule has 26 heavy (non-hydrogen) atoms. The second-order valence-corrected chi connectivity index (χ2v) is 8.53. The Labute approximate surface area is 159 Å². The molecule has 3 heteroatoms. The van der Waals surface area contributed by atoms with Gasteiger partial charge in [-0.15, -0.1) is 0 Å². The molecular formula is C23H34N2O. The fourth-order valence-electron chi connectivity index (χ4n) is 5.48. The van der Waals surface area contributed by atoms with Crippen LogP contribution in [0.15, 0.2) is 11.6 Å². The summed E-state index contributed by atoms with van der Waals surface area (Å²) in [6.07, 6.45) is 6.51. The SMILES string of the molecule is COc1c(C)cc(C)c2c1C(CCN1CCN(C)CC1)C1=C2CCCC1. The van der Waals surface area contributed by atoms with E-state index in [1.807, 2.05) is 7.11 Å². The van der Waals surface area contributed by atoms with E-state index in [0.717, 1.165) is 5.75 Å². The summed E-state index contributed by atoms with van der Waals surface area (Å²) in [5, 5.41) is 0. The standard InChI is InChI=1S/C23H34N2O/c1-16-15-17(2)23(26-4)22-20(9-10-25-13-11-24(3)12-14-25)18-7-5-6-8-19(18)21(16)22/h15,20H,5-14H2,1-4H3. The number of hydrogen-bond donors (Lipinski definition) is 0.